The van der Waals surface area contributed by atoms with Crippen LogP contribution in [0.2, 0.25) is 0 Å². The molecule has 1 saturated heterocycles. The zero-order chi connectivity index (χ0) is 19.1. The predicted molar refractivity (Wildman–Crippen MR) is 106 cm³/mol. The van der Waals surface area contributed by atoms with E-state index in [0.717, 1.165) is 31.9 Å². The molecule has 5 nitrogen and oxygen atoms in total. The Balaban J connectivity index is 1.46. The Morgan fingerprint density at radius 2 is 1.93 bits per heavy atom. The van der Waals surface area contributed by atoms with Gasteiger partial charge in [-0.25, -0.2) is 4.39 Å². The molecule has 2 aromatic carbocycles. The lowest BCUT2D eigenvalue weighted by Gasteiger charge is -2.21. The Labute approximate surface area is 159 Å². The number of rotatable bonds is 5. The SMILES string of the molecule is CN=C(NCC(=O)Nc1ccc(F)cc1)N1CCC(Cc2ccccc2)C1. The summed E-state index contributed by atoms with van der Waals surface area (Å²) in [5.74, 6) is 0.798. The van der Waals surface area contributed by atoms with E-state index < -0.39 is 0 Å². The maximum absolute atomic E-state index is 12.9. The van der Waals surface area contributed by atoms with Crippen LogP contribution in [0, 0.1) is 11.7 Å². The number of nitrogens with zero attached hydrogens (tertiary/aromatic N) is 2. The van der Waals surface area contributed by atoms with E-state index in [1.54, 1.807) is 7.05 Å². The van der Waals surface area contributed by atoms with Gasteiger partial charge in [-0.1, -0.05) is 30.3 Å². The Morgan fingerprint density at radius 3 is 2.63 bits per heavy atom. The van der Waals surface area contributed by atoms with Crippen LogP contribution in [0.3, 0.4) is 0 Å². The normalized spacial score (nSPS) is 17.0. The summed E-state index contributed by atoms with van der Waals surface area (Å²) in [5.41, 5.74) is 1.92. The third kappa shape index (κ3) is 5.54. The number of likely N-dealkylation sites (tertiary alicyclic amines) is 1. The van der Waals surface area contributed by atoms with Crippen LogP contribution >= 0.6 is 0 Å². The number of carbonyl (C=O) groups is 1. The van der Waals surface area contributed by atoms with E-state index in [1.165, 1.54) is 29.8 Å². The van der Waals surface area contributed by atoms with Gasteiger partial charge in [0, 0.05) is 25.8 Å². The van der Waals surface area contributed by atoms with Gasteiger partial charge in [0.1, 0.15) is 5.82 Å². The number of nitrogens with one attached hydrogen (secondary N) is 2. The van der Waals surface area contributed by atoms with Gasteiger partial charge >= 0.3 is 0 Å². The third-order valence-corrected chi connectivity index (χ3v) is 4.70. The first-order chi connectivity index (χ1) is 13.1. The van der Waals surface area contributed by atoms with Gasteiger partial charge in [-0.05, 0) is 48.6 Å². The standard InChI is InChI=1S/C21H25FN4O/c1-23-21(24-14-20(27)25-19-9-7-18(22)8-10-19)26-12-11-17(15-26)13-16-5-3-2-4-6-16/h2-10,17H,11-15H2,1H3,(H,23,24)(H,25,27). The fourth-order valence-corrected chi connectivity index (χ4v) is 3.37. The number of halogens is 1. The van der Waals surface area contributed by atoms with Crippen LogP contribution in [-0.2, 0) is 11.2 Å². The van der Waals surface area contributed by atoms with Crippen LogP contribution in [-0.4, -0.2) is 43.4 Å². The van der Waals surface area contributed by atoms with Gasteiger partial charge in [0.05, 0.1) is 6.54 Å². The minimum absolute atomic E-state index is 0.115. The number of hydrogen-bond donors (Lipinski definition) is 2. The minimum atomic E-state index is -0.328. The Hall–Kier alpha value is -2.89. The maximum Gasteiger partial charge on any atom is 0.243 e. The molecule has 6 heteroatoms. The van der Waals surface area contributed by atoms with Crippen molar-refractivity contribution in [3.8, 4) is 0 Å². The zero-order valence-electron chi connectivity index (χ0n) is 15.5. The topological polar surface area (TPSA) is 56.7 Å². The molecule has 142 valence electrons. The van der Waals surface area contributed by atoms with E-state index >= 15 is 0 Å². The van der Waals surface area contributed by atoms with E-state index in [9.17, 15) is 9.18 Å². The first-order valence-electron chi connectivity index (χ1n) is 9.19. The molecule has 0 radical (unpaired) electrons. The van der Waals surface area contributed by atoms with Gasteiger partial charge in [0.2, 0.25) is 5.91 Å². The van der Waals surface area contributed by atoms with Gasteiger partial charge in [-0.3, -0.25) is 9.79 Å². The third-order valence-electron chi connectivity index (χ3n) is 4.70. The molecule has 0 aromatic heterocycles. The van der Waals surface area contributed by atoms with Crippen molar-refractivity contribution in [2.75, 3.05) is 32.0 Å². The molecule has 1 atom stereocenters. The van der Waals surface area contributed by atoms with Crippen molar-refractivity contribution in [3.63, 3.8) is 0 Å². The monoisotopic (exact) mass is 368 g/mol. The highest BCUT2D eigenvalue weighted by atomic mass is 19.1. The summed E-state index contributed by atoms with van der Waals surface area (Å²) in [6, 6.07) is 16.2. The Morgan fingerprint density at radius 1 is 1.19 bits per heavy atom. The number of amides is 1. The lowest BCUT2D eigenvalue weighted by atomic mass is 9.99. The van der Waals surface area contributed by atoms with Gasteiger partial charge in [-0.15, -0.1) is 0 Å². The molecule has 27 heavy (non-hydrogen) atoms. The largest absolute Gasteiger partial charge is 0.347 e. The van der Waals surface area contributed by atoms with Crippen molar-refractivity contribution in [1.29, 1.82) is 0 Å². The molecule has 2 aromatic rings. The van der Waals surface area contributed by atoms with Crippen molar-refractivity contribution in [2.24, 2.45) is 10.9 Å². The molecule has 1 amide bonds. The molecule has 1 heterocycles. The first-order valence-corrected chi connectivity index (χ1v) is 9.19. The van der Waals surface area contributed by atoms with Gasteiger partial charge in [0.15, 0.2) is 5.96 Å². The highest BCUT2D eigenvalue weighted by molar-refractivity contribution is 5.95. The fourth-order valence-electron chi connectivity index (χ4n) is 3.37. The zero-order valence-corrected chi connectivity index (χ0v) is 15.5. The highest BCUT2D eigenvalue weighted by Crippen LogP contribution is 2.20. The molecule has 0 spiro atoms. The predicted octanol–water partition coefficient (Wildman–Crippen LogP) is 2.90. The van der Waals surface area contributed by atoms with E-state index in [0.29, 0.717) is 11.6 Å². The molecule has 1 unspecified atom stereocenters. The first kappa shape index (κ1) is 18.9. The number of guanidine groups is 1. The molecule has 0 bridgehead atoms. The minimum Gasteiger partial charge on any atom is -0.347 e. The van der Waals surface area contributed by atoms with Gasteiger partial charge < -0.3 is 15.5 Å². The van der Waals surface area contributed by atoms with E-state index in [4.69, 9.17) is 0 Å². The summed E-state index contributed by atoms with van der Waals surface area (Å²) >= 11 is 0. The van der Waals surface area contributed by atoms with Crippen molar-refractivity contribution in [3.05, 3.63) is 66.0 Å². The Bertz CT molecular complexity index is 777. The second-order valence-electron chi connectivity index (χ2n) is 6.75. The second kappa shape index (κ2) is 9.16. The second-order valence-corrected chi connectivity index (χ2v) is 6.75. The average molecular weight is 368 g/mol. The summed E-state index contributed by atoms with van der Waals surface area (Å²) in [7, 11) is 1.73. The Kier molecular flexibility index (Phi) is 6.41. The number of carbonyl (C=O) groups excluding carboxylic acids is 1. The summed E-state index contributed by atoms with van der Waals surface area (Å²) in [6.45, 7) is 1.97. The highest BCUT2D eigenvalue weighted by Gasteiger charge is 2.25. The average Bonchev–Trinajstić information content (AvgIpc) is 3.13. The van der Waals surface area contributed by atoms with Crippen LogP contribution in [0.4, 0.5) is 10.1 Å². The lowest BCUT2D eigenvalue weighted by molar-refractivity contribution is -0.115. The summed E-state index contributed by atoms with van der Waals surface area (Å²) in [6.07, 6.45) is 2.16. The quantitative estimate of drug-likeness (QED) is 0.630. The fraction of sp³-hybridized carbons (Fsp3) is 0.333. The van der Waals surface area contributed by atoms with Crippen molar-refractivity contribution >= 4 is 17.6 Å². The molecular formula is C21H25FN4O. The lowest BCUT2D eigenvalue weighted by Crippen LogP contribution is -2.43. The van der Waals surface area contributed by atoms with Crippen LogP contribution in [0.25, 0.3) is 0 Å². The van der Waals surface area contributed by atoms with Crippen LogP contribution in [0.15, 0.2) is 59.6 Å². The van der Waals surface area contributed by atoms with Crippen molar-refractivity contribution < 1.29 is 9.18 Å². The van der Waals surface area contributed by atoms with Crippen LogP contribution in [0.5, 0.6) is 0 Å². The molecule has 2 N–H and O–H groups in total. The molecule has 0 aliphatic carbocycles. The van der Waals surface area contributed by atoms with Crippen LogP contribution < -0.4 is 10.6 Å². The van der Waals surface area contributed by atoms with E-state index in [-0.39, 0.29) is 18.3 Å². The number of benzene rings is 2. The molecular weight excluding hydrogens is 343 g/mol. The van der Waals surface area contributed by atoms with Gasteiger partial charge in [0.25, 0.3) is 0 Å². The molecule has 1 fully saturated rings. The number of aliphatic imine (C=N–C) groups is 1. The van der Waals surface area contributed by atoms with Gasteiger partial charge in [-0.2, -0.15) is 0 Å². The van der Waals surface area contributed by atoms with Crippen molar-refractivity contribution in [1.82, 2.24) is 10.2 Å². The molecule has 1 aliphatic heterocycles. The number of hydrogen-bond acceptors (Lipinski definition) is 2. The summed E-state index contributed by atoms with van der Waals surface area (Å²) < 4.78 is 12.9. The molecule has 3 rings (SSSR count). The molecule has 0 saturated carbocycles. The maximum atomic E-state index is 12.9. The van der Waals surface area contributed by atoms with Crippen molar-refractivity contribution in [2.45, 2.75) is 12.8 Å². The van der Waals surface area contributed by atoms with E-state index in [1.807, 2.05) is 6.07 Å². The van der Waals surface area contributed by atoms with Crippen LogP contribution in [0.1, 0.15) is 12.0 Å². The number of anilines is 1. The molecule has 1 aliphatic rings. The van der Waals surface area contributed by atoms with E-state index in [2.05, 4.69) is 44.8 Å². The smallest absolute Gasteiger partial charge is 0.243 e. The summed E-state index contributed by atoms with van der Waals surface area (Å²) in [5, 5.41) is 5.86. The summed E-state index contributed by atoms with van der Waals surface area (Å²) in [4.78, 5) is 18.6.